The summed E-state index contributed by atoms with van der Waals surface area (Å²) in [5, 5.41) is 5.73. The number of rotatable bonds is 7. The van der Waals surface area contributed by atoms with Gasteiger partial charge in [0.05, 0.1) is 19.8 Å². The number of amides is 1. The highest BCUT2D eigenvalue weighted by Gasteiger charge is 2.09. The molecule has 0 aliphatic carbocycles. The lowest BCUT2D eigenvalue weighted by atomic mass is 10.1. The molecule has 0 aromatic heterocycles. The number of ether oxygens (including phenoxy) is 1. The van der Waals surface area contributed by atoms with E-state index in [1.165, 1.54) is 0 Å². The molecule has 0 bridgehead atoms. The lowest BCUT2D eigenvalue weighted by Gasteiger charge is -2.26. The molecule has 1 fully saturated rings. The molecule has 2 rings (SSSR count). The maximum atomic E-state index is 11.5. The van der Waals surface area contributed by atoms with Gasteiger partial charge in [-0.25, -0.2) is 4.99 Å². The number of carbonyl (C=O) groups is 1. The minimum absolute atomic E-state index is 0. The van der Waals surface area contributed by atoms with Crippen LogP contribution in [0.5, 0.6) is 0 Å². The number of hydrogen-bond acceptors (Lipinski definition) is 4. The van der Waals surface area contributed by atoms with Gasteiger partial charge in [0, 0.05) is 32.2 Å². The van der Waals surface area contributed by atoms with Gasteiger partial charge in [0.25, 0.3) is 5.91 Å². The van der Waals surface area contributed by atoms with E-state index in [9.17, 15) is 4.79 Å². The van der Waals surface area contributed by atoms with Gasteiger partial charge in [-0.3, -0.25) is 9.69 Å². The number of halogens is 1. The molecule has 8 heteroatoms. The van der Waals surface area contributed by atoms with Gasteiger partial charge < -0.3 is 21.1 Å². The normalized spacial score (nSPS) is 15.3. The second-order valence-electron chi connectivity index (χ2n) is 5.71. The van der Waals surface area contributed by atoms with Crippen LogP contribution in [0.4, 0.5) is 0 Å². The zero-order valence-electron chi connectivity index (χ0n) is 14.7. The Bertz CT molecular complexity index is 544. The topological polar surface area (TPSA) is 92.0 Å². The summed E-state index contributed by atoms with van der Waals surface area (Å²) in [4.78, 5) is 18.2. The molecule has 4 N–H and O–H groups in total. The van der Waals surface area contributed by atoms with E-state index >= 15 is 0 Å². The Morgan fingerprint density at radius 1 is 1.28 bits per heavy atom. The fraction of sp³-hybridized carbons (Fsp3) is 0.529. The quantitative estimate of drug-likeness (QED) is 0.242. The highest BCUT2D eigenvalue weighted by atomic mass is 127. The lowest BCUT2D eigenvalue weighted by molar-refractivity contribution is 0.0376. The predicted octanol–water partition coefficient (Wildman–Crippen LogP) is 0.791. The third-order valence-corrected chi connectivity index (χ3v) is 3.94. The van der Waals surface area contributed by atoms with Crippen LogP contribution in [0, 0.1) is 0 Å². The van der Waals surface area contributed by atoms with Crippen molar-refractivity contribution in [1.82, 2.24) is 15.5 Å². The molecule has 1 aromatic rings. The number of aliphatic imine (C=N–C) groups is 1. The Morgan fingerprint density at radius 3 is 2.60 bits per heavy atom. The third-order valence-electron chi connectivity index (χ3n) is 3.94. The molecule has 7 nitrogen and oxygen atoms in total. The number of benzene rings is 1. The minimum Gasteiger partial charge on any atom is -0.379 e. The van der Waals surface area contributed by atoms with Gasteiger partial charge in [-0.15, -0.1) is 24.0 Å². The maximum absolute atomic E-state index is 11.5. The van der Waals surface area contributed by atoms with E-state index in [0.29, 0.717) is 18.1 Å². The van der Waals surface area contributed by atoms with Crippen LogP contribution in [-0.4, -0.2) is 63.2 Å². The van der Waals surface area contributed by atoms with Crippen LogP contribution in [0.1, 0.15) is 22.3 Å². The first-order valence-electron chi connectivity index (χ1n) is 8.34. The van der Waals surface area contributed by atoms with E-state index in [2.05, 4.69) is 20.5 Å². The molecule has 1 amide bonds. The molecule has 0 unspecified atom stereocenters. The average Bonchev–Trinajstić information content (AvgIpc) is 2.64. The molecule has 1 aromatic carbocycles. The van der Waals surface area contributed by atoms with Gasteiger partial charge in [-0.1, -0.05) is 12.1 Å². The summed E-state index contributed by atoms with van der Waals surface area (Å²) < 4.78 is 5.33. The Hall–Kier alpha value is -1.39. The van der Waals surface area contributed by atoms with Crippen LogP contribution in [0.25, 0.3) is 0 Å². The summed E-state index contributed by atoms with van der Waals surface area (Å²) in [6.07, 6.45) is 1.02. The number of hydrogen-bond donors (Lipinski definition) is 3. The number of nitrogens with one attached hydrogen (secondary N) is 2. The number of guanidine groups is 1. The maximum Gasteiger partial charge on any atom is 0.251 e. The summed E-state index contributed by atoms with van der Waals surface area (Å²) in [7, 11) is 1.62. The summed E-state index contributed by atoms with van der Waals surface area (Å²) in [6, 6.07) is 7.35. The second kappa shape index (κ2) is 12.0. The highest BCUT2D eigenvalue weighted by molar-refractivity contribution is 14.0. The Labute approximate surface area is 166 Å². The van der Waals surface area contributed by atoms with E-state index in [0.717, 1.165) is 51.4 Å². The predicted molar refractivity (Wildman–Crippen MR) is 110 cm³/mol. The van der Waals surface area contributed by atoms with Gasteiger partial charge in [-0.05, 0) is 30.7 Å². The first-order valence-corrected chi connectivity index (χ1v) is 8.34. The molecule has 1 aliphatic heterocycles. The summed E-state index contributed by atoms with van der Waals surface area (Å²) in [5.74, 6) is 0.360. The van der Waals surface area contributed by atoms with E-state index in [-0.39, 0.29) is 29.9 Å². The van der Waals surface area contributed by atoms with Crippen LogP contribution in [0.3, 0.4) is 0 Å². The number of morpholine rings is 1. The Balaban J connectivity index is 0.00000312. The fourth-order valence-electron chi connectivity index (χ4n) is 2.48. The number of nitrogens with two attached hydrogens (primary N) is 1. The summed E-state index contributed by atoms with van der Waals surface area (Å²) >= 11 is 0. The van der Waals surface area contributed by atoms with Crippen molar-refractivity contribution < 1.29 is 9.53 Å². The second-order valence-corrected chi connectivity index (χ2v) is 5.71. The van der Waals surface area contributed by atoms with Gasteiger partial charge in [0.15, 0.2) is 5.96 Å². The molecule has 0 saturated carbocycles. The van der Waals surface area contributed by atoms with Gasteiger partial charge in [0.1, 0.15) is 0 Å². The summed E-state index contributed by atoms with van der Waals surface area (Å²) in [6.45, 7) is 6.03. The van der Waals surface area contributed by atoms with E-state index < -0.39 is 0 Å². The van der Waals surface area contributed by atoms with Crippen LogP contribution in [-0.2, 0) is 11.3 Å². The molecule has 0 spiro atoms. The summed E-state index contributed by atoms with van der Waals surface area (Å²) in [5.41, 5.74) is 7.53. The highest BCUT2D eigenvalue weighted by Crippen LogP contribution is 2.05. The van der Waals surface area contributed by atoms with Crippen molar-refractivity contribution in [3.05, 3.63) is 35.4 Å². The smallest absolute Gasteiger partial charge is 0.251 e. The van der Waals surface area contributed by atoms with E-state index in [1.54, 1.807) is 19.2 Å². The van der Waals surface area contributed by atoms with Crippen LogP contribution in [0.15, 0.2) is 29.3 Å². The van der Waals surface area contributed by atoms with Crippen LogP contribution in [0.2, 0.25) is 0 Å². The molecule has 140 valence electrons. The monoisotopic (exact) mass is 461 g/mol. The molecule has 1 aliphatic rings. The van der Waals surface area contributed by atoms with Crippen molar-refractivity contribution in [1.29, 1.82) is 0 Å². The van der Waals surface area contributed by atoms with Crippen molar-refractivity contribution in [3.8, 4) is 0 Å². The molecular weight excluding hydrogens is 433 g/mol. The van der Waals surface area contributed by atoms with Gasteiger partial charge in [0.2, 0.25) is 0 Å². The lowest BCUT2D eigenvalue weighted by Crippen LogP contribution is -2.39. The van der Waals surface area contributed by atoms with Crippen LogP contribution < -0.4 is 16.4 Å². The van der Waals surface area contributed by atoms with Crippen molar-refractivity contribution in [2.75, 3.05) is 46.4 Å². The zero-order valence-corrected chi connectivity index (χ0v) is 17.0. The number of nitrogens with zero attached hydrogens (tertiary/aromatic N) is 2. The van der Waals surface area contributed by atoms with Crippen molar-refractivity contribution >= 4 is 35.8 Å². The first kappa shape index (κ1) is 21.7. The van der Waals surface area contributed by atoms with Crippen molar-refractivity contribution in [3.63, 3.8) is 0 Å². The molecule has 25 heavy (non-hydrogen) atoms. The fourth-order valence-corrected chi connectivity index (χ4v) is 2.48. The molecule has 1 saturated heterocycles. The van der Waals surface area contributed by atoms with Gasteiger partial charge in [-0.2, -0.15) is 0 Å². The molecule has 0 atom stereocenters. The van der Waals surface area contributed by atoms with E-state index in [1.807, 2.05) is 12.1 Å². The number of carbonyl (C=O) groups excluding carboxylic acids is 1. The Morgan fingerprint density at radius 2 is 1.96 bits per heavy atom. The minimum atomic E-state index is -0.0912. The molecule has 1 heterocycles. The van der Waals surface area contributed by atoms with E-state index in [4.69, 9.17) is 10.5 Å². The average molecular weight is 461 g/mol. The Kier molecular flexibility index (Phi) is 10.4. The SMILES string of the molecule is CNC(=O)c1ccc(CN=C(N)NCCCN2CCOCC2)cc1.I. The van der Waals surface area contributed by atoms with Crippen LogP contribution >= 0.6 is 24.0 Å². The van der Waals surface area contributed by atoms with Gasteiger partial charge >= 0.3 is 0 Å². The largest absolute Gasteiger partial charge is 0.379 e. The molecule has 0 radical (unpaired) electrons. The first-order chi connectivity index (χ1) is 11.7. The zero-order chi connectivity index (χ0) is 17.2. The van der Waals surface area contributed by atoms with Crippen molar-refractivity contribution in [2.45, 2.75) is 13.0 Å². The molecular formula is C17H28IN5O2. The standard InChI is InChI=1S/C17H27N5O2.HI/c1-19-16(23)15-5-3-14(4-6-15)13-21-17(18)20-7-2-8-22-9-11-24-12-10-22;/h3-6H,2,7-13H2,1H3,(H,19,23)(H3,18,20,21);1H. The van der Waals surface area contributed by atoms with Crippen molar-refractivity contribution in [2.24, 2.45) is 10.7 Å². The third kappa shape index (κ3) is 8.02.